The highest BCUT2D eigenvalue weighted by molar-refractivity contribution is 7.99. The van der Waals surface area contributed by atoms with Gasteiger partial charge in [0, 0.05) is 26.2 Å². The lowest BCUT2D eigenvalue weighted by molar-refractivity contribution is -0.127. The van der Waals surface area contributed by atoms with Crippen molar-refractivity contribution in [3.8, 4) is 11.4 Å². The smallest absolute Gasteiger partial charge is 0.233 e. The van der Waals surface area contributed by atoms with E-state index >= 15 is 0 Å². The van der Waals surface area contributed by atoms with Gasteiger partial charge in [-0.25, -0.2) is 0 Å². The Labute approximate surface area is 151 Å². The molecule has 5 nitrogen and oxygen atoms in total. The van der Waals surface area contributed by atoms with Crippen LogP contribution in [0.1, 0.15) is 5.56 Å². The normalized spacial score (nSPS) is 10.6. The zero-order valence-corrected chi connectivity index (χ0v) is 15.1. The molecule has 2 aromatic carbocycles. The molecule has 0 bridgehead atoms. The minimum absolute atomic E-state index is 0.0677. The molecule has 0 fully saturated rings. The second kappa shape index (κ2) is 7.98. The molecule has 0 saturated heterocycles. The molecule has 25 heavy (non-hydrogen) atoms. The number of nitrogens with zero attached hydrogens (tertiary/aromatic N) is 4. The quantitative estimate of drug-likeness (QED) is 0.639. The van der Waals surface area contributed by atoms with Crippen LogP contribution in [0.15, 0.2) is 65.8 Å². The maximum atomic E-state index is 12.4. The highest BCUT2D eigenvalue weighted by Gasteiger charge is 2.15. The summed E-state index contributed by atoms with van der Waals surface area (Å²) < 4.78 is 1.92. The lowest BCUT2D eigenvalue weighted by Gasteiger charge is -2.16. The van der Waals surface area contributed by atoms with E-state index < -0.39 is 0 Å². The Balaban J connectivity index is 1.60. The van der Waals surface area contributed by atoms with Crippen molar-refractivity contribution >= 4 is 17.7 Å². The van der Waals surface area contributed by atoms with E-state index in [4.69, 9.17) is 0 Å². The van der Waals surface area contributed by atoms with E-state index in [0.717, 1.165) is 22.1 Å². The summed E-state index contributed by atoms with van der Waals surface area (Å²) in [4.78, 5) is 14.1. The van der Waals surface area contributed by atoms with Gasteiger partial charge in [0.15, 0.2) is 11.0 Å². The fourth-order valence-electron chi connectivity index (χ4n) is 2.46. The van der Waals surface area contributed by atoms with Crippen molar-refractivity contribution in [2.45, 2.75) is 11.7 Å². The number of benzene rings is 2. The van der Waals surface area contributed by atoms with Crippen LogP contribution in [0.5, 0.6) is 0 Å². The Morgan fingerprint density at radius 3 is 2.36 bits per heavy atom. The molecule has 128 valence electrons. The summed E-state index contributed by atoms with van der Waals surface area (Å²) in [6.45, 7) is 0.605. The molecule has 0 unspecified atom stereocenters. The van der Waals surface area contributed by atoms with Crippen LogP contribution in [0.25, 0.3) is 11.4 Å². The first-order chi connectivity index (χ1) is 12.1. The van der Waals surface area contributed by atoms with Crippen LogP contribution >= 0.6 is 11.8 Å². The van der Waals surface area contributed by atoms with Crippen molar-refractivity contribution < 1.29 is 4.79 Å². The zero-order chi connectivity index (χ0) is 17.6. The van der Waals surface area contributed by atoms with Gasteiger partial charge in [-0.3, -0.25) is 4.79 Å². The minimum atomic E-state index is 0.0677. The van der Waals surface area contributed by atoms with Gasteiger partial charge < -0.3 is 9.47 Å². The van der Waals surface area contributed by atoms with Gasteiger partial charge >= 0.3 is 0 Å². The summed E-state index contributed by atoms with van der Waals surface area (Å²) >= 11 is 1.41. The largest absolute Gasteiger partial charge is 0.341 e. The molecule has 0 aliphatic rings. The molecule has 0 radical (unpaired) electrons. The van der Waals surface area contributed by atoms with Crippen molar-refractivity contribution in [2.24, 2.45) is 7.05 Å². The SMILES string of the molecule is CN(Cc1ccccc1)C(=O)CSc1nnc(-c2ccccc2)n1C. The molecule has 0 aliphatic heterocycles. The second-order valence-corrected chi connectivity index (χ2v) is 6.70. The van der Waals surface area contributed by atoms with Gasteiger partial charge in [0.2, 0.25) is 5.91 Å². The second-order valence-electron chi connectivity index (χ2n) is 5.76. The molecule has 1 aromatic heterocycles. The van der Waals surface area contributed by atoms with Crippen molar-refractivity contribution in [1.29, 1.82) is 0 Å². The topological polar surface area (TPSA) is 51.0 Å². The van der Waals surface area contributed by atoms with E-state index in [1.54, 1.807) is 4.90 Å². The molecule has 6 heteroatoms. The van der Waals surface area contributed by atoms with Crippen LogP contribution in [0.4, 0.5) is 0 Å². The molecule has 3 aromatic rings. The molecular weight excluding hydrogens is 332 g/mol. The monoisotopic (exact) mass is 352 g/mol. The highest BCUT2D eigenvalue weighted by Crippen LogP contribution is 2.22. The first kappa shape index (κ1) is 17.2. The number of thioether (sulfide) groups is 1. The number of carbonyl (C=O) groups excluding carboxylic acids is 1. The van der Waals surface area contributed by atoms with Crippen LogP contribution in [0.2, 0.25) is 0 Å². The molecule has 0 N–H and O–H groups in total. The average molecular weight is 352 g/mol. The fourth-order valence-corrected chi connectivity index (χ4v) is 3.31. The van der Waals surface area contributed by atoms with Gasteiger partial charge in [0.05, 0.1) is 5.75 Å². The van der Waals surface area contributed by atoms with Crippen molar-refractivity contribution in [1.82, 2.24) is 19.7 Å². The number of rotatable bonds is 6. The summed E-state index contributed by atoms with van der Waals surface area (Å²) in [7, 11) is 3.74. The first-order valence-corrected chi connectivity index (χ1v) is 8.99. The Kier molecular flexibility index (Phi) is 5.50. The van der Waals surface area contributed by atoms with E-state index in [0.29, 0.717) is 12.3 Å². The number of hydrogen-bond acceptors (Lipinski definition) is 4. The van der Waals surface area contributed by atoms with Gasteiger partial charge in [-0.2, -0.15) is 0 Å². The van der Waals surface area contributed by atoms with E-state index in [9.17, 15) is 4.79 Å². The number of aromatic nitrogens is 3. The predicted molar refractivity (Wildman–Crippen MR) is 100 cm³/mol. The predicted octanol–water partition coefficient (Wildman–Crippen LogP) is 3.23. The minimum Gasteiger partial charge on any atom is -0.341 e. The number of hydrogen-bond donors (Lipinski definition) is 0. The van der Waals surface area contributed by atoms with Crippen molar-refractivity contribution in [3.63, 3.8) is 0 Å². The lowest BCUT2D eigenvalue weighted by atomic mass is 10.2. The molecule has 0 atom stereocenters. The van der Waals surface area contributed by atoms with Gasteiger partial charge in [-0.15, -0.1) is 10.2 Å². The van der Waals surface area contributed by atoms with E-state index in [1.165, 1.54) is 11.8 Å². The van der Waals surface area contributed by atoms with E-state index in [-0.39, 0.29) is 5.91 Å². The Hall–Kier alpha value is -2.60. The third-order valence-corrected chi connectivity index (χ3v) is 4.88. The molecule has 3 rings (SSSR count). The summed E-state index contributed by atoms with van der Waals surface area (Å²) in [5, 5.41) is 9.19. The lowest BCUT2D eigenvalue weighted by Crippen LogP contribution is -2.27. The van der Waals surface area contributed by atoms with Gasteiger partial charge in [-0.1, -0.05) is 72.4 Å². The summed E-state index contributed by atoms with van der Waals surface area (Å²) in [5.74, 6) is 1.20. The van der Waals surface area contributed by atoms with Crippen LogP contribution in [0, 0.1) is 0 Å². The van der Waals surface area contributed by atoms with E-state index in [1.807, 2.05) is 79.3 Å². The molecule has 0 aliphatic carbocycles. The summed E-state index contributed by atoms with van der Waals surface area (Å²) in [6, 6.07) is 19.9. The Morgan fingerprint density at radius 1 is 1.04 bits per heavy atom. The molecule has 1 amide bonds. The highest BCUT2D eigenvalue weighted by atomic mass is 32.2. The van der Waals surface area contributed by atoms with Crippen LogP contribution in [0.3, 0.4) is 0 Å². The third kappa shape index (κ3) is 4.28. The molecule has 0 spiro atoms. The van der Waals surface area contributed by atoms with Crippen LogP contribution in [-0.2, 0) is 18.4 Å². The van der Waals surface area contributed by atoms with Crippen molar-refractivity contribution in [3.05, 3.63) is 66.2 Å². The first-order valence-electron chi connectivity index (χ1n) is 8.00. The Morgan fingerprint density at radius 2 is 1.68 bits per heavy atom. The van der Waals surface area contributed by atoms with Gasteiger partial charge in [-0.05, 0) is 5.56 Å². The van der Waals surface area contributed by atoms with E-state index in [2.05, 4.69) is 10.2 Å². The van der Waals surface area contributed by atoms with Crippen molar-refractivity contribution in [2.75, 3.05) is 12.8 Å². The summed E-state index contributed by atoms with van der Waals surface area (Å²) in [5.41, 5.74) is 2.13. The standard InChI is InChI=1S/C19H20N4OS/c1-22(13-15-9-5-3-6-10-15)17(24)14-25-19-21-20-18(23(19)2)16-11-7-4-8-12-16/h3-12H,13-14H2,1-2H3. The number of amides is 1. The average Bonchev–Trinajstić information content (AvgIpc) is 3.02. The molecule has 1 heterocycles. The molecule has 0 saturated carbocycles. The maximum Gasteiger partial charge on any atom is 0.233 e. The zero-order valence-electron chi connectivity index (χ0n) is 14.3. The summed E-state index contributed by atoms with van der Waals surface area (Å²) in [6.07, 6.45) is 0. The Bertz CT molecular complexity index is 833. The van der Waals surface area contributed by atoms with Gasteiger partial charge in [0.25, 0.3) is 0 Å². The fraction of sp³-hybridized carbons (Fsp3) is 0.211. The van der Waals surface area contributed by atoms with Crippen LogP contribution in [-0.4, -0.2) is 38.4 Å². The third-order valence-electron chi connectivity index (χ3n) is 3.88. The van der Waals surface area contributed by atoms with Gasteiger partial charge in [0.1, 0.15) is 0 Å². The molecular formula is C19H20N4OS. The maximum absolute atomic E-state index is 12.4. The number of carbonyl (C=O) groups is 1. The van der Waals surface area contributed by atoms with Crippen LogP contribution < -0.4 is 0 Å².